The monoisotopic (exact) mass is 376 g/mol. The van der Waals surface area contributed by atoms with Crippen LogP contribution in [0, 0.1) is 0 Å². The van der Waals surface area contributed by atoms with Crippen LogP contribution >= 0.6 is 31.0 Å². The average molecular weight is 377 g/mol. The van der Waals surface area contributed by atoms with Gasteiger partial charge < -0.3 is 19.6 Å². The van der Waals surface area contributed by atoms with Crippen molar-refractivity contribution in [3.05, 3.63) is 33.1 Å². The third-order valence-corrected chi connectivity index (χ3v) is 4.20. The molecule has 0 spiro atoms. The molecule has 4 N–H and O–H groups in total. The van der Waals surface area contributed by atoms with Gasteiger partial charge in [-0.15, -0.1) is 0 Å². The molecule has 1 aromatic heterocycles. The molecule has 10 nitrogen and oxygen atoms in total. The van der Waals surface area contributed by atoms with E-state index >= 15 is 0 Å². The summed E-state index contributed by atoms with van der Waals surface area (Å²) in [6.07, 6.45) is -3.25. The van der Waals surface area contributed by atoms with Gasteiger partial charge in [0.25, 0.3) is 5.56 Å². The van der Waals surface area contributed by atoms with E-state index in [-0.39, 0.29) is 0 Å². The Labute approximate surface area is 132 Å². The number of nitrogens with one attached hydrogen (secondary N) is 1. The van der Waals surface area contributed by atoms with Gasteiger partial charge in [0.1, 0.15) is 12.2 Å². The van der Waals surface area contributed by atoms with Crippen molar-refractivity contribution in [2.24, 2.45) is 0 Å². The molecule has 1 aliphatic heterocycles. The smallest absolute Gasteiger partial charge is 0.387 e. The molecule has 124 valence electrons. The lowest BCUT2D eigenvalue weighted by atomic mass is 10.2. The number of aliphatic hydroxyl groups excluding tert-OH is 1. The maximum atomic E-state index is 11.7. The Morgan fingerprint density at radius 3 is 2.64 bits per heavy atom. The standard InChI is InChI=1S/C9H11Cl2N2O8P/c10-9(11)6(15)4(3-20-22(17,18)19)21-7(9)13-2-1-5(14)12-8(13)16/h1-2,4,6-7,15H,3H2,(H,12,14,16)(H2,17,18,19)/t4-,6-,7-/m1/s1. The first-order chi connectivity index (χ1) is 10.0. The highest BCUT2D eigenvalue weighted by Gasteiger charge is 2.56. The van der Waals surface area contributed by atoms with Gasteiger partial charge in [-0.2, -0.15) is 0 Å². The van der Waals surface area contributed by atoms with Gasteiger partial charge in [0.15, 0.2) is 10.6 Å². The molecule has 0 bridgehead atoms. The summed E-state index contributed by atoms with van der Waals surface area (Å²) in [5.74, 6) is 0. The Hall–Kier alpha value is -0.710. The number of phosphoric acid groups is 1. The Bertz CT molecular complexity index is 712. The van der Waals surface area contributed by atoms with Crippen molar-refractivity contribution in [2.75, 3.05) is 6.61 Å². The quantitative estimate of drug-likeness (QED) is 0.389. The molecule has 22 heavy (non-hydrogen) atoms. The van der Waals surface area contributed by atoms with E-state index in [0.29, 0.717) is 0 Å². The van der Waals surface area contributed by atoms with Gasteiger partial charge in [0.2, 0.25) is 0 Å². The largest absolute Gasteiger partial charge is 0.469 e. The second-order valence-corrected chi connectivity index (χ2v) is 7.13. The van der Waals surface area contributed by atoms with E-state index in [0.717, 1.165) is 16.8 Å². The molecule has 3 atom stereocenters. The first-order valence-corrected chi connectivity index (χ1v) is 8.04. The van der Waals surface area contributed by atoms with Gasteiger partial charge >= 0.3 is 13.5 Å². The van der Waals surface area contributed by atoms with E-state index in [9.17, 15) is 19.3 Å². The molecule has 1 saturated heterocycles. The van der Waals surface area contributed by atoms with Gasteiger partial charge in [-0.25, -0.2) is 9.36 Å². The van der Waals surface area contributed by atoms with Gasteiger partial charge in [-0.1, -0.05) is 23.2 Å². The molecular weight excluding hydrogens is 366 g/mol. The van der Waals surface area contributed by atoms with Crippen molar-refractivity contribution in [1.82, 2.24) is 9.55 Å². The minimum atomic E-state index is -4.79. The first kappa shape index (κ1) is 17.6. The minimum Gasteiger partial charge on any atom is -0.387 e. The van der Waals surface area contributed by atoms with Crippen molar-refractivity contribution in [3.8, 4) is 0 Å². The summed E-state index contributed by atoms with van der Waals surface area (Å²) in [6.45, 7) is -0.707. The SMILES string of the molecule is O=c1ccn([C@@H]2O[C@H](COP(=O)(O)O)[C@@H](O)C2(Cl)Cl)c(=O)[nH]1. The highest BCUT2D eigenvalue weighted by molar-refractivity contribution is 7.46. The predicted octanol–water partition coefficient (Wildman–Crippen LogP) is -0.922. The fourth-order valence-corrected chi connectivity index (χ4v) is 2.82. The fourth-order valence-electron chi connectivity index (χ4n) is 1.89. The summed E-state index contributed by atoms with van der Waals surface area (Å²) >= 11 is 11.9. The van der Waals surface area contributed by atoms with E-state index in [2.05, 4.69) is 4.52 Å². The van der Waals surface area contributed by atoms with E-state index in [1.165, 1.54) is 0 Å². The number of alkyl halides is 2. The molecule has 1 aliphatic rings. The molecule has 13 heteroatoms. The van der Waals surface area contributed by atoms with Crippen LogP contribution in [-0.4, -0.2) is 47.6 Å². The second-order valence-electron chi connectivity index (χ2n) is 4.45. The van der Waals surface area contributed by atoms with E-state index in [1.807, 2.05) is 4.98 Å². The van der Waals surface area contributed by atoms with Crippen LogP contribution < -0.4 is 11.2 Å². The molecule has 1 fully saturated rings. The van der Waals surface area contributed by atoms with Crippen LogP contribution in [0.4, 0.5) is 0 Å². The molecule has 0 radical (unpaired) electrons. The van der Waals surface area contributed by atoms with Gasteiger partial charge in [-0.3, -0.25) is 18.9 Å². The number of ether oxygens (including phenoxy) is 1. The van der Waals surface area contributed by atoms with E-state index < -0.39 is 48.4 Å². The Morgan fingerprint density at radius 2 is 2.09 bits per heavy atom. The summed E-state index contributed by atoms with van der Waals surface area (Å²) in [7, 11) is -4.79. The van der Waals surface area contributed by atoms with Crippen molar-refractivity contribution in [3.63, 3.8) is 0 Å². The van der Waals surface area contributed by atoms with Crippen LogP contribution in [0.5, 0.6) is 0 Å². The molecule has 0 unspecified atom stereocenters. The number of aromatic nitrogens is 2. The summed E-state index contributed by atoms with van der Waals surface area (Å²) < 4.78 is 19.0. The maximum Gasteiger partial charge on any atom is 0.469 e. The lowest BCUT2D eigenvalue weighted by Gasteiger charge is -2.23. The number of aliphatic hydroxyl groups is 1. The summed E-state index contributed by atoms with van der Waals surface area (Å²) in [6, 6.07) is 1.01. The topological polar surface area (TPSA) is 151 Å². The summed E-state index contributed by atoms with van der Waals surface area (Å²) in [5.41, 5.74) is -1.54. The van der Waals surface area contributed by atoms with E-state index in [4.69, 9.17) is 37.7 Å². The molecule has 2 rings (SSSR count). The average Bonchev–Trinajstić information content (AvgIpc) is 2.59. The third kappa shape index (κ3) is 3.61. The highest BCUT2D eigenvalue weighted by atomic mass is 35.5. The maximum absolute atomic E-state index is 11.7. The number of rotatable bonds is 4. The minimum absolute atomic E-state index is 0.657. The van der Waals surface area contributed by atoms with Crippen LogP contribution in [0.3, 0.4) is 0 Å². The van der Waals surface area contributed by atoms with Crippen LogP contribution in [-0.2, 0) is 13.8 Å². The van der Waals surface area contributed by atoms with Crippen LogP contribution in [0.1, 0.15) is 6.23 Å². The Kier molecular flexibility index (Phi) is 4.86. The number of nitrogens with zero attached hydrogens (tertiary/aromatic N) is 1. The molecule has 0 aliphatic carbocycles. The van der Waals surface area contributed by atoms with Crippen LogP contribution in [0.15, 0.2) is 21.9 Å². The molecule has 1 aromatic rings. The van der Waals surface area contributed by atoms with Gasteiger partial charge in [0, 0.05) is 12.3 Å². The van der Waals surface area contributed by atoms with Crippen molar-refractivity contribution in [2.45, 2.75) is 22.8 Å². The number of phosphoric ester groups is 1. The number of H-pyrrole nitrogens is 1. The highest BCUT2D eigenvalue weighted by Crippen LogP contribution is 2.47. The van der Waals surface area contributed by atoms with E-state index in [1.54, 1.807) is 0 Å². The lowest BCUT2D eigenvalue weighted by Crippen LogP contribution is -2.41. The van der Waals surface area contributed by atoms with Crippen molar-refractivity contribution in [1.29, 1.82) is 0 Å². The molecule has 0 amide bonds. The molecule has 0 saturated carbocycles. The van der Waals surface area contributed by atoms with Gasteiger partial charge in [0.05, 0.1) is 6.61 Å². The summed E-state index contributed by atoms with van der Waals surface area (Å²) in [4.78, 5) is 42.0. The molecule has 2 heterocycles. The zero-order valence-corrected chi connectivity index (χ0v) is 13.0. The van der Waals surface area contributed by atoms with Crippen LogP contribution in [0.2, 0.25) is 0 Å². The fraction of sp³-hybridized carbons (Fsp3) is 0.556. The van der Waals surface area contributed by atoms with Crippen molar-refractivity contribution < 1.29 is 28.7 Å². The number of hydrogen-bond acceptors (Lipinski definition) is 6. The molecular formula is C9H11Cl2N2O8P. The second kappa shape index (κ2) is 6.06. The third-order valence-electron chi connectivity index (χ3n) is 2.89. The predicted molar refractivity (Wildman–Crippen MR) is 73.7 cm³/mol. The Morgan fingerprint density at radius 1 is 1.45 bits per heavy atom. The van der Waals surface area contributed by atoms with Crippen LogP contribution in [0.25, 0.3) is 0 Å². The number of halogens is 2. The number of aromatic amines is 1. The Balaban J connectivity index is 2.28. The normalized spacial score (nSPS) is 28.0. The van der Waals surface area contributed by atoms with Crippen molar-refractivity contribution >= 4 is 31.0 Å². The zero-order valence-electron chi connectivity index (χ0n) is 10.6. The lowest BCUT2D eigenvalue weighted by molar-refractivity contribution is -0.0453. The number of hydrogen-bond donors (Lipinski definition) is 4. The molecule has 0 aromatic carbocycles. The van der Waals surface area contributed by atoms with Gasteiger partial charge in [-0.05, 0) is 0 Å². The first-order valence-electron chi connectivity index (χ1n) is 5.75. The summed E-state index contributed by atoms with van der Waals surface area (Å²) in [5, 5.41) is 9.98. The zero-order chi connectivity index (χ0) is 16.7.